The van der Waals surface area contributed by atoms with Crippen LogP contribution in [0, 0.1) is 17.3 Å². The van der Waals surface area contributed by atoms with E-state index >= 15 is 0 Å². The molecule has 2 nitrogen and oxygen atoms in total. The number of carbonyl (C=O) groups excluding carboxylic acids is 2. The molecule has 0 N–H and O–H groups in total. The number of rotatable bonds is 2. The standard InChI is InChI=1S/C14H20O2S2/c1-7(2)10-8-6-9(11(8)18-12(10)15)14(3,4)13(16)17-5/h8-9,11H,6H2,1-5H3. The minimum Gasteiger partial charge on any atom is -0.287 e. The number of carbonyl (C=O) groups is 2. The van der Waals surface area contributed by atoms with Gasteiger partial charge in [-0.2, -0.15) is 0 Å². The van der Waals surface area contributed by atoms with Crippen molar-refractivity contribution in [3.8, 4) is 0 Å². The van der Waals surface area contributed by atoms with Crippen molar-refractivity contribution in [1.29, 1.82) is 0 Å². The Kier molecular flexibility index (Phi) is 3.72. The van der Waals surface area contributed by atoms with Gasteiger partial charge in [-0.1, -0.05) is 42.9 Å². The lowest BCUT2D eigenvalue weighted by atomic mass is 9.60. The van der Waals surface area contributed by atoms with Crippen LogP contribution < -0.4 is 0 Å². The van der Waals surface area contributed by atoms with Crippen molar-refractivity contribution in [2.45, 2.75) is 39.4 Å². The van der Waals surface area contributed by atoms with Gasteiger partial charge in [-0.05, 0) is 32.4 Å². The van der Waals surface area contributed by atoms with E-state index in [4.69, 9.17) is 0 Å². The van der Waals surface area contributed by atoms with E-state index < -0.39 is 0 Å². The summed E-state index contributed by atoms with van der Waals surface area (Å²) in [5, 5.41) is 0.804. The average Bonchev–Trinajstić information content (AvgIpc) is 2.51. The second kappa shape index (κ2) is 4.71. The molecule has 0 bridgehead atoms. The summed E-state index contributed by atoms with van der Waals surface area (Å²) in [6.45, 7) is 8.08. The fourth-order valence-electron chi connectivity index (χ4n) is 3.11. The molecule has 0 radical (unpaired) electrons. The monoisotopic (exact) mass is 284 g/mol. The first kappa shape index (κ1) is 14.2. The quantitative estimate of drug-likeness (QED) is 0.727. The Hall–Kier alpha value is -0.220. The first-order chi connectivity index (χ1) is 8.30. The molecular formula is C14H20O2S2. The second-order valence-electron chi connectivity index (χ2n) is 5.95. The van der Waals surface area contributed by atoms with Crippen LogP contribution in [0.15, 0.2) is 11.1 Å². The van der Waals surface area contributed by atoms with E-state index in [1.165, 1.54) is 23.5 Å². The van der Waals surface area contributed by atoms with E-state index in [1.807, 2.05) is 34.0 Å². The summed E-state index contributed by atoms with van der Waals surface area (Å²) in [5.74, 6) is 0.736. The molecule has 3 atom stereocenters. The summed E-state index contributed by atoms with van der Waals surface area (Å²) in [4.78, 5) is 24.0. The van der Waals surface area contributed by atoms with Crippen molar-refractivity contribution in [2.24, 2.45) is 17.3 Å². The van der Waals surface area contributed by atoms with Gasteiger partial charge in [0.05, 0.1) is 0 Å². The normalized spacial score (nSPS) is 31.1. The Morgan fingerprint density at radius 1 is 1.39 bits per heavy atom. The Morgan fingerprint density at radius 3 is 2.50 bits per heavy atom. The van der Waals surface area contributed by atoms with Crippen molar-refractivity contribution in [3.63, 3.8) is 0 Å². The molecule has 0 aromatic heterocycles. The Bertz CT molecular complexity index is 433. The molecule has 1 aliphatic heterocycles. The van der Waals surface area contributed by atoms with Gasteiger partial charge in [-0.15, -0.1) is 0 Å². The molecule has 1 heterocycles. The Balaban J connectivity index is 2.20. The van der Waals surface area contributed by atoms with E-state index in [0.29, 0.717) is 17.1 Å². The predicted molar refractivity (Wildman–Crippen MR) is 78.7 cm³/mol. The lowest BCUT2D eigenvalue weighted by Crippen LogP contribution is -2.48. The SMILES string of the molecule is CSC(=O)C(C)(C)C1CC2C(=C(C)C)C(=O)SC21. The topological polar surface area (TPSA) is 34.1 Å². The van der Waals surface area contributed by atoms with Crippen LogP contribution in [-0.4, -0.2) is 21.7 Å². The van der Waals surface area contributed by atoms with Crippen LogP contribution >= 0.6 is 23.5 Å². The highest BCUT2D eigenvalue weighted by Gasteiger charge is 2.57. The average molecular weight is 284 g/mol. The van der Waals surface area contributed by atoms with Crippen LogP contribution in [0.3, 0.4) is 0 Å². The predicted octanol–water partition coefficient (Wildman–Crippen LogP) is 3.52. The van der Waals surface area contributed by atoms with Crippen molar-refractivity contribution in [2.75, 3.05) is 6.26 Å². The number of hydrogen-bond acceptors (Lipinski definition) is 4. The molecule has 1 aliphatic carbocycles. The third-order valence-electron chi connectivity index (χ3n) is 4.31. The molecule has 1 saturated carbocycles. The van der Waals surface area contributed by atoms with Crippen molar-refractivity contribution in [3.05, 3.63) is 11.1 Å². The molecule has 0 amide bonds. The zero-order chi connectivity index (χ0) is 13.7. The molecule has 4 heteroatoms. The van der Waals surface area contributed by atoms with E-state index in [1.54, 1.807) is 0 Å². The van der Waals surface area contributed by atoms with E-state index in [9.17, 15) is 9.59 Å². The van der Waals surface area contributed by atoms with Gasteiger partial charge in [0.15, 0.2) is 5.12 Å². The van der Waals surface area contributed by atoms with Crippen LogP contribution in [0.25, 0.3) is 0 Å². The highest BCUT2D eigenvalue weighted by Crippen LogP contribution is 2.60. The molecule has 18 heavy (non-hydrogen) atoms. The van der Waals surface area contributed by atoms with Gasteiger partial charge >= 0.3 is 0 Å². The smallest absolute Gasteiger partial charge is 0.215 e. The van der Waals surface area contributed by atoms with E-state index in [-0.39, 0.29) is 15.6 Å². The fraction of sp³-hybridized carbons (Fsp3) is 0.714. The highest BCUT2D eigenvalue weighted by molar-refractivity contribution is 8.15. The highest BCUT2D eigenvalue weighted by atomic mass is 32.2. The van der Waals surface area contributed by atoms with Gasteiger partial charge < -0.3 is 0 Å². The molecular weight excluding hydrogens is 264 g/mol. The Morgan fingerprint density at radius 2 is 2.00 bits per heavy atom. The van der Waals surface area contributed by atoms with Crippen LogP contribution in [-0.2, 0) is 9.59 Å². The maximum Gasteiger partial charge on any atom is 0.215 e. The third-order valence-corrected chi connectivity index (χ3v) is 6.57. The third kappa shape index (κ3) is 1.97. The van der Waals surface area contributed by atoms with Gasteiger partial charge in [0, 0.05) is 22.2 Å². The minimum absolute atomic E-state index is 0.236. The zero-order valence-electron chi connectivity index (χ0n) is 11.6. The summed E-state index contributed by atoms with van der Waals surface area (Å²) in [5.41, 5.74) is 1.85. The molecule has 2 rings (SSSR count). The van der Waals surface area contributed by atoms with Crippen LogP contribution in [0.2, 0.25) is 0 Å². The number of thioether (sulfide) groups is 2. The van der Waals surface area contributed by atoms with Gasteiger partial charge in [0.2, 0.25) is 5.12 Å². The molecule has 0 aromatic carbocycles. The second-order valence-corrected chi connectivity index (χ2v) is 7.88. The van der Waals surface area contributed by atoms with E-state index in [0.717, 1.165) is 17.6 Å². The number of fused-ring (bicyclic) bond motifs is 1. The van der Waals surface area contributed by atoms with Gasteiger partial charge in [-0.3, -0.25) is 9.59 Å². The molecule has 2 fully saturated rings. The molecule has 0 aromatic rings. The van der Waals surface area contributed by atoms with Crippen molar-refractivity contribution in [1.82, 2.24) is 0 Å². The van der Waals surface area contributed by atoms with Crippen LogP contribution in [0.1, 0.15) is 34.1 Å². The summed E-state index contributed by atoms with van der Waals surface area (Å²) in [6, 6.07) is 0. The van der Waals surface area contributed by atoms with Gasteiger partial charge in [-0.25, -0.2) is 0 Å². The number of allylic oxidation sites excluding steroid dienone is 1. The molecule has 0 spiro atoms. The Labute approximate surface area is 117 Å². The maximum absolute atomic E-state index is 12.0. The first-order valence-electron chi connectivity index (χ1n) is 6.27. The summed E-state index contributed by atoms with van der Waals surface area (Å²) >= 11 is 2.76. The number of hydrogen-bond donors (Lipinski definition) is 0. The van der Waals surface area contributed by atoms with Crippen molar-refractivity contribution < 1.29 is 9.59 Å². The fourth-order valence-corrected chi connectivity index (χ4v) is 5.54. The largest absolute Gasteiger partial charge is 0.287 e. The maximum atomic E-state index is 12.0. The van der Waals surface area contributed by atoms with Crippen LogP contribution in [0.4, 0.5) is 0 Å². The zero-order valence-corrected chi connectivity index (χ0v) is 13.2. The van der Waals surface area contributed by atoms with Crippen molar-refractivity contribution >= 4 is 33.8 Å². The molecule has 3 unspecified atom stereocenters. The summed E-state index contributed by atoms with van der Waals surface area (Å²) in [6.07, 6.45) is 2.83. The lowest BCUT2D eigenvalue weighted by molar-refractivity contribution is -0.122. The molecule has 2 aliphatic rings. The first-order valence-corrected chi connectivity index (χ1v) is 8.38. The molecule has 100 valence electrons. The van der Waals surface area contributed by atoms with Gasteiger partial charge in [0.25, 0.3) is 0 Å². The summed E-state index contributed by atoms with van der Waals surface area (Å²) < 4.78 is 0. The minimum atomic E-state index is -0.315. The van der Waals surface area contributed by atoms with E-state index in [2.05, 4.69) is 0 Å². The summed E-state index contributed by atoms with van der Waals surface area (Å²) in [7, 11) is 0. The van der Waals surface area contributed by atoms with Crippen LogP contribution in [0.5, 0.6) is 0 Å². The molecule has 1 saturated heterocycles. The lowest BCUT2D eigenvalue weighted by Gasteiger charge is -2.47. The van der Waals surface area contributed by atoms with Gasteiger partial charge in [0.1, 0.15) is 0 Å².